The van der Waals surface area contributed by atoms with E-state index in [4.69, 9.17) is 23.2 Å². The van der Waals surface area contributed by atoms with Crippen LogP contribution in [0.1, 0.15) is 24.9 Å². The van der Waals surface area contributed by atoms with Crippen molar-refractivity contribution in [1.29, 1.82) is 0 Å². The molecule has 2 N–H and O–H groups in total. The number of benzene rings is 2. The van der Waals surface area contributed by atoms with Crippen molar-refractivity contribution >= 4 is 40.5 Å². The predicted molar refractivity (Wildman–Crippen MR) is 99.2 cm³/mol. The number of nitro benzene ring substituents is 1. The molecule has 1 amide bonds. The lowest BCUT2D eigenvalue weighted by Crippen LogP contribution is -2.28. The zero-order chi connectivity index (χ0) is 18.4. The van der Waals surface area contributed by atoms with E-state index in [-0.39, 0.29) is 30.6 Å². The second-order valence-electron chi connectivity index (χ2n) is 5.41. The smallest absolute Gasteiger partial charge is 0.292 e. The summed E-state index contributed by atoms with van der Waals surface area (Å²) in [7, 11) is 0. The molecule has 0 radical (unpaired) electrons. The molecule has 0 spiro atoms. The second kappa shape index (κ2) is 8.69. The first kappa shape index (κ1) is 19.0. The number of amides is 1. The maximum absolute atomic E-state index is 12.1. The topological polar surface area (TPSA) is 84.3 Å². The van der Waals surface area contributed by atoms with Gasteiger partial charge < -0.3 is 10.6 Å². The third kappa shape index (κ3) is 5.34. The fourth-order valence-corrected chi connectivity index (χ4v) is 2.91. The van der Waals surface area contributed by atoms with Crippen molar-refractivity contribution in [2.75, 3.05) is 11.9 Å². The van der Waals surface area contributed by atoms with Crippen LogP contribution in [0.2, 0.25) is 10.0 Å². The molecular weight excluding hydrogens is 365 g/mol. The average Bonchev–Trinajstić information content (AvgIpc) is 2.54. The number of nitrogens with one attached hydrogen (secondary N) is 2. The van der Waals surface area contributed by atoms with Crippen molar-refractivity contribution in [3.05, 3.63) is 68.2 Å². The molecule has 0 fully saturated rings. The van der Waals surface area contributed by atoms with E-state index in [9.17, 15) is 14.9 Å². The summed E-state index contributed by atoms with van der Waals surface area (Å²) < 4.78 is 0. The quantitative estimate of drug-likeness (QED) is 0.542. The number of para-hydroxylation sites is 2. The summed E-state index contributed by atoms with van der Waals surface area (Å²) in [5.74, 6) is -0.190. The van der Waals surface area contributed by atoms with Gasteiger partial charge in [-0.25, -0.2) is 0 Å². The van der Waals surface area contributed by atoms with Crippen LogP contribution in [0, 0.1) is 10.1 Å². The van der Waals surface area contributed by atoms with Crippen molar-refractivity contribution in [1.82, 2.24) is 5.32 Å². The normalized spacial score (nSPS) is 11.6. The third-order valence-corrected chi connectivity index (χ3v) is 4.14. The number of carbonyl (C=O) groups excluding carboxylic acids is 1. The van der Waals surface area contributed by atoms with Crippen LogP contribution in [0.3, 0.4) is 0 Å². The summed E-state index contributed by atoms with van der Waals surface area (Å²) in [5, 5.41) is 17.7. The maximum atomic E-state index is 12.1. The molecule has 0 bridgehead atoms. The summed E-state index contributed by atoms with van der Waals surface area (Å²) >= 11 is 12.0. The molecule has 1 unspecified atom stereocenters. The van der Waals surface area contributed by atoms with Gasteiger partial charge in [-0.15, -0.1) is 0 Å². The van der Waals surface area contributed by atoms with Crippen LogP contribution >= 0.6 is 23.2 Å². The standard InChI is InChI=1S/C17H17Cl2N3O3/c1-11(13-7-6-12(18)10-14(13)19)21-17(23)8-9-20-15-4-2-3-5-16(15)22(24)25/h2-7,10-11,20H,8-9H2,1H3,(H,21,23). The first-order valence-corrected chi connectivity index (χ1v) is 8.35. The van der Waals surface area contributed by atoms with Gasteiger partial charge in [-0.1, -0.05) is 41.4 Å². The van der Waals surface area contributed by atoms with Gasteiger partial charge in [-0.2, -0.15) is 0 Å². The summed E-state index contributed by atoms with van der Waals surface area (Å²) in [4.78, 5) is 22.5. The minimum absolute atomic E-state index is 0.0239. The van der Waals surface area contributed by atoms with Crippen LogP contribution in [0.4, 0.5) is 11.4 Å². The summed E-state index contributed by atoms with van der Waals surface area (Å²) in [6.45, 7) is 2.10. The number of anilines is 1. The lowest BCUT2D eigenvalue weighted by atomic mass is 10.1. The molecule has 0 saturated carbocycles. The van der Waals surface area contributed by atoms with Gasteiger partial charge in [0.2, 0.25) is 5.91 Å². The molecule has 2 rings (SSSR count). The van der Waals surface area contributed by atoms with E-state index in [0.717, 1.165) is 5.56 Å². The molecule has 0 aliphatic heterocycles. The van der Waals surface area contributed by atoms with Crippen LogP contribution in [0.5, 0.6) is 0 Å². The summed E-state index contributed by atoms with van der Waals surface area (Å²) in [5.41, 5.74) is 1.13. The Bertz CT molecular complexity index is 783. The Morgan fingerprint density at radius 1 is 1.24 bits per heavy atom. The SMILES string of the molecule is CC(NC(=O)CCNc1ccccc1[N+](=O)[O-])c1ccc(Cl)cc1Cl. The van der Waals surface area contributed by atoms with Crippen LogP contribution in [-0.2, 0) is 4.79 Å². The Morgan fingerprint density at radius 3 is 2.64 bits per heavy atom. The molecule has 8 heteroatoms. The fourth-order valence-electron chi connectivity index (χ4n) is 2.34. The molecule has 25 heavy (non-hydrogen) atoms. The summed E-state index contributed by atoms with van der Waals surface area (Å²) in [6.07, 6.45) is 0.168. The molecule has 0 heterocycles. The molecule has 132 valence electrons. The molecule has 0 saturated heterocycles. The van der Waals surface area contributed by atoms with Crippen LogP contribution in [-0.4, -0.2) is 17.4 Å². The Balaban J connectivity index is 1.88. The molecule has 1 atom stereocenters. The molecule has 0 aromatic heterocycles. The van der Waals surface area contributed by atoms with Gasteiger partial charge in [-0.05, 0) is 30.7 Å². The van der Waals surface area contributed by atoms with Gasteiger partial charge in [0.25, 0.3) is 5.69 Å². The summed E-state index contributed by atoms with van der Waals surface area (Å²) in [6, 6.07) is 11.1. The highest BCUT2D eigenvalue weighted by Gasteiger charge is 2.14. The van der Waals surface area contributed by atoms with Gasteiger partial charge >= 0.3 is 0 Å². The first-order chi connectivity index (χ1) is 11.9. The number of rotatable bonds is 7. The van der Waals surface area contributed by atoms with E-state index in [1.54, 1.807) is 36.4 Å². The van der Waals surface area contributed by atoms with Crippen molar-refractivity contribution in [3.63, 3.8) is 0 Å². The molecule has 6 nitrogen and oxygen atoms in total. The Hall–Kier alpha value is -2.31. The fraction of sp³-hybridized carbons (Fsp3) is 0.235. The van der Waals surface area contributed by atoms with Crippen LogP contribution < -0.4 is 10.6 Å². The number of carbonyl (C=O) groups is 1. The van der Waals surface area contributed by atoms with Crippen LogP contribution in [0.25, 0.3) is 0 Å². The van der Waals surface area contributed by atoms with Crippen molar-refractivity contribution < 1.29 is 9.72 Å². The molecule has 0 aliphatic rings. The molecule has 0 aliphatic carbocycles. The minimum atomic E-state index is -0.465. The van der Waals surface area contributed by atoms with Gasteiger partial charge in [0.1, 0.15) is 5.69 Å². The number of hydrogen-bond acceptors (Lipinski definition) is 4. The number of hydrogen-bond donors (Lipinski definition) is 2. The first-order valence-electron chi connectivity index (χ1n) is 7.60. The molecular formula is C17H17Cl2N3O3. The van der Waals surface area contributed by atoms with Gasteiger partial charge in [0.15, 0.2) is 0 Å². The Morgan fingerprint density at radius 2 is 1.96 bits per heavy atom. The number of nitro groups is 1. The second-order valence-corrected chi connectivity index (χ2v) is 6.25. The van der Waals surface area contributed by atoms with Crippen molar-refractivity contribution in [3.8, 4) is 0 Å². The maximum Gasteiger partial charge on any atom is 0.292 e. The lowest BCUT2D eigenvalue weighted by Gasteiger charge is -2.16. The Kier molecular flexibility index (Phi) is 6.61. The highest BCUT2D eigenvalue weighted by Crippen LogP contribution is 2.26. The van der Waals surface area contributed by atoms with Gasteiger partial charge in [0, 0.05) is 29.1 Å². The van der Waals surface area contributed by atoms with E-state index >= 15 is 0 Å². The van der Waals surface area contributed by atoms with E-state index in [0.29, 0.717) is 15.7 Å². The Labute approximate surface area is 155 Å². The van der Waals surface area contributed by atoms with Gasteiger partial charge in [-0.3, -0.25) is 14.9 Å². The van der Waals surface area contributed by atoms with E-state index < -0.39 is 4.92 Å². The van der Waals surface area contributed by atoms with Gasteiger partial charge in [0.05, 0.1) is 11.0 Å². The number of nitrogens with zero attached hydrogens (tertiary/aromatic N) is 1. The lowest BCUT2D eigenvalue weighted by molar-refractivity contribution is -0.384. The third-order valence-electron chi connectivity index (χ3n) is 3.57. The monoisotopic (exact) mass is 381 g/mol. The highest BCUT2D eigenvalue weighted by atomic mass is 35.5. The largest absolute Gasteiger partial charge is 0.379 e. The molecule has 2 aromatic rings. The number of halogens is 2. The average molecular weight is 382 g/mol. The minimum Gasteiger partial charge on any atom is -0.379 e. The highest BCUT2D eigenvalue weighted by molar-refractivity contribution is 6.35. The van der Waals surface area contributed by atoms with Crippen LogP contribution in [0.15, 0.2) is 42.5 Å². The molecule has 2 aromatic carbocycles. The zero-order valence-corrected chi connectivity index (χ0v) is 15.0. The van der Waals surface area contributed by atoms with Crippen molar-refractivity contribution in [2.24, 2.45) is 0 Å². The van der Waals surface area contributed by atoms with E-state index in [1.165, 1.54) is 6.07 Å². The predicted octanol–water partition coefficient (Wildman–Crippen LogP) is 4.58. The van der Waals surface area contributed by atoms with Crippen molar-refractivity contribution in [2.45, 2.75) is 19.4 Å². The zero-order valence-electron chi connectivity index (χ0n) is 13.5. The van der Waals surface area contributed by atoms with E-state index in [2.05, 4.69) is 10.6 Å². The van der Waals surface area contributed by atoms with E-state index in [1.807, 2.05) is 6.92 Å².